The third kappa shape index (κ3) is 3.85. The molecule has 0 unspecified atom stereocenters. The molecule has 3 rings (SSSR count). The van der Waals surface area contributed by atoms with Crippen LogP contribution in [0.25, 0.3) is 0 Å². The molecule has 21 heavy (non-hydrogen) atoms. The standard InChI is InChI=1S/C15H19FN2O3/c16-14-10(2-1-3-13(14)21-12-4-5-12)8-17-15(19)18-11-6-7-20-9-11/h1-3,11-12H,4-9H2,(H2,17,18,19)/t11-/m1/s1. The van der Waals surface area contributed by atoms with Crippen LogP contribution >= 0.6 is 0 Å². The predicted octanol–water partition coefficient (Wildman–Crippen LogP) is 1.96. The molecule has 1 saturated carbocycles. The number of hydrogen-bond donors (Lipinski definition) is 2. The number of hydrogen-bond acceptors (Lipinski definition) is 3. The van der Waals surface area contributed by atoms with E-state index in [0.717, 1.165) is 19.3 Å². The molecule has 2 fully saturated rings. The van der Waals surface area contributed by atoms with Crippen molar-refractivity contribution in [3.05, 3.63) is 29.6 Å². The fraction of sp³-hybridized carbons (Fsp3) is 0.533. The third-order valence-electron chi connectivity index (χ3n) is 3.57. The van der Waals surface area contributed by atoms with Crippen LogP contribution in [0.4, 0.5) is 9.18 Å². The Hall–Kier alpha value is -1.82. The highest BCUT2D eigenvalue weighted by Crippen LogP contribution is 2.29. The number of carbonyl (C=O) groups excluding carboxylic acids is 1. The molecule has 1 aliphatic heterocycles. The molecule has 1 aromatic rings. The van der Waals surface area contributed by atoms with Gasteiger partial charge in [0, 0.05) is 18.7 Å². The van der Waals surface area contributed by atoms with Gasteiger partial charge >= 0.3 is 6.03 Å². The Bertz CT molecular complexity index is 514. The van der Waals surface area contributed by atoms with Crippen LogP contribution in [-0.4, -0.2) is 31.4 Å². The Balaban J connectivity index is 1.52. The highest BCUT2D eigenvalue weighted by molar-refractivity contribution is 5.74. The Morgan fingerprint density at radius 1 is 1.38 bits per heavy atom. The van der Waals surface area contributed by atoms with Crippen molar-refractivity contribution in [3.63, 3.8) is 0 Å². The summed E-state index contributed by atoms with van der Waals surface area (Å²) in [6, 6.07) is 4.74. The zero-order valence-corrected chi connectivity index (χ0v) is 11.7. The summed E-state index contributed by atoms with van der Waals surface area (Å²) in [6.45, 7) is 1.33. The lowest BCUT2D eigenvalue weighted by Gasteiger charge is -2.13. The molecule has 5 nitrogen and oxygen atoms in total. The lowest BCUT2D eigenvalue weighted by molar-refractivity contribution is 0.188. The van der Waals surface area contributed by atoms with Crippen LogP contribution < -0.4 is 15.4 Å². The number of nitrogens with one attached hydrogen (secondary N) is 2. The molecule has 1 saturated heterocycles. The molecule has 6 heteroatoms. The Labute approximate surface area is 122 Å². The van der Waals surface area contributed by atoms with Crippen LogP contribution in [0.1, 0.15) is 24.8 Å². The Morgan fingerprint density at radius 2 is 2.24 bits per heavy atom. The summed E-state index contributed by atoms with van der Waals surface area (Å²) in [5, 5.41) is 5.46. The molecule has 0 spiro atoms. The number of rotatable bonds is 5. The van der Waals surface area contributed by atoms with E-state index >= 15 is 0 Å². The molecule has 0 radical (unpaired) electrons. The van der Waals surface area contributed by atoms with Gasteiger partial charge in [-0.25, -0.2) is 9.18 Å². The van der Waals surface area contributed by atoms with E-state index in [-0.39, 0.29) is 30.5 Å². The van der Waals surface area contributed by atoms with Gasteiger partial charge in [-0.05, 0) is 25.3 Å². The third-order valence-corrected chi connectivity index (χ3v) is 3.57. The SMILES string of the molecule is O=C(NCc1cccc(OC2CC2)c1F)N[C@@H]1CCOC1. The first-order chi connectivity index (χ1) is 10.2. The molecule has 1 aliphatic carbocycles. The van der Waals surface area contributed by atoms with Gasteiger partial charge in [0.1, 0.15) is 0 Å². The second kappa shape index (κ2) is 6.30. The summed E-state index contributed by atoms with van der Waals surface area (Å²) in [5.74, 6) is -0.129. The molecule has 1 atom stereocenters. The number of urea groups is 1. The number of carbonyl (C=O) groups is 1. The number of ether oxygens (including phenoxy) is 2. The van der Waals surface area contributed by atoms with Gasteiger partial charge in [0.25, 0.3) is 0 Å². The van der Waals surface area contributed by atoms with Crippen LogP contribution in [0.5, 0.6) is 5.75 Å². The first kappa shape index (κ1) is 14.1. The second-order valence-electron chi connectivity index (χ2n) is 5.43. The first-order valence-electron chi connectivity index (χ1n) is 7.28. The Morgan fingerprint density at radius 3 is 2.95 bits per heavy atom. The van der Waals surface area contributed by atoms with E-state index in [0.29, 0.717) is 18.8 Å². The summed E-state index contributed by atoms with van der Waals surface area (Å²) in [7, 11) is 0. The van der Waals surface area contributed by atoms with E-state index in [1.807, 2.05) is 0 Å². The largest absolute Gasteiger partial charge is 0.487 e. The lowest BCUT2D eigenvalue weighted by atomic mass is 10.2. The van der Waals surface area contributed by atoms with Gasteiger partial charge in [-0.3, -0.25) is 0 Å². The van der Waals surface area contributed by atoms with Gasteiger partial charge in [0.2, 0.25) is 0 Å². The summed E-state index contributed by atoms with van der Waals surface area (Å²) in [6.07, 6.45) is 2.92. The average Bonchev–Trinajstić information content (AvgIpc) is 3.14. The maximum Gasteiger partial charge on any atom is 0.315 e. The monoisotopic (exact) mass is 294 g/mol. The smallest absolute Gasteiger partial charge is 0.315 e. The van der Waals surface area contributed by atoms with Crippen molar-refractivity contribution in [2.45, 2.75) is 38.0 Å². The van der Waals surface area contributed by atoms with E-state index in [9.17, 15) is 9.18 Å². The van der Waals surface area contributed by atoms with Gasteiger partial charge in [-0.2, -0.15) is 0 Å². The first-order valence-corrected chi connectivity index (χ1v) is 7.28. The number of benzene rings is 1. The molecule has 2 amide bonds. The van der Waals surface area contributed by atoms with Crippen LogP contribution in [-0.2, 0) is 11.3 Å². The summed E-state index contributed by atoms with van der Waals surface area (Å²) < 4.78 is 24.9. The van der Waals surface area contributed by atoms with E-state index in [2.05, 4.69) is 10.6 Å². The second-order valence-corrected chi connectivity index (χ2v) is 5.43. The van der Waals surface area contributed by atoms with Gasteiger partial charge in [-0.15, -0.1) is 0 Å². The van der Waals surface area contributed by atoms with E-state index in [4.69, 9.17) is 9.47 Å². The molecule has 2 aliphatic rings. The van der Waals surface area contributed by atoms with Crippen molar-refractivity contribution >= 4 is 6.03 Å². The molecule has 0 aromatic heterocycles. The van der Waals surface area contributed by atoms with E-state index in [1.54, 1.807) is 18.2 Å². The predicted molar refractivity (Wildman–Crippen MR) is 74.6 cm³/mol. The Kier molecular flexibility index (Phi) is 4.24. The summed E-state index contributed by atoms with van der Waals surface area (Å²) >= 11 is 0. The van der Waals surface area contributed by atoms with Gasteiger partial charge < -0.3 is 20.1 Å². The zero-order valence-electron chi connectivity index (χ0n) is 11.7. The fourth-order valence-corrected chi connectivity index (χ4v) is 2.21. The van der Waals surface area contributed by atoms with E-state index in [1.165, 1.54) is 0 Å². The van der Waals surface area contributed by atoms with Crippen molar-refractivity contribution in [1.82, 2.24) is 10.6 Å². The van der Waals surface area contributed by atoms with Crippen LogP contribution in [0.15, 0.2) is 18.2 Å². The van der Waals surface area contributed by atoms with Crippen molar-refractivity contribution in [1.29, 1.82) is 0 Å². The highest BCUT2D eigenvalue weighted by Gasteiger charge is 2.25. The van der Waals surface area contributed by atoms with Crippen LogP contribution in [0.2, 0.25) is 0 Å². The normalized spacial score (nSPS) is 21.1. The average molecular weight is 294 g/mol. The zero-order chi connectivity index (χ0) is 14.7. The minimum absolute atomic E-state index is 0.0411. The molecule has 2 N–H and O–H groups in total. The summed E-state index contributed by atoms with van der Waals surface area (Å²) in [4.78, 5) is 11.7. The topological polar surface area (TPSA) is 59.6 Å². The van der Waals surface area contributed by atoms with Crippen molar-refractivity contribution in [3.8, 4) is 5.75 Å². The highest BCUT2D eigenvalue weighted by atomic mass is 19.1. The van der Waals surface area contributed by atoms with Gasteiger partial charge in [-0.1, -0.05) is 12.1 Å². The molecular formula is C15H19FN2O3. The molecule has 0 bridgehead atoms. The quantitative estimate of drug-likeness (QED) is 0.872. The minimum atomic E-state index is -0.395. The van der Waals surface area contributed by atoms with Gasteiger partial charge in [0.15, 0.2) is 11.6 Å². The molecule has 114 valence electrons. The molecule has 1 aromatic carbocycles. The molecule has 1 heterocycles. The minimum Gasteiger partial charge on any atom is -0.487 e. The summed E-state index contributed by atoms with van der Waals surface area (Å²) in [5.41, 5.74) is 0.422. The van der Waals surface area contributed by atoms with Crippen molar-refractivity contribution in [2.75, 3.05) is 13.2 Å². The van der Waals surface area contributed by atoms with Crippen LogP contribution in [0, 0.1) is 5.82 Å². The van der Waals surface area contributed by atoms with Crippen molar-refractivity contribution < 1.29 is 18.7 Å². The lowest BCUT2D eigenvalue weighted by Crippen LogP contribution is -2.42. The van der Waals surface area contributed by atoms with Crippen LogP contribution in [0.3, 0.4) is 0 Å². The number of amides is 2. The molecular weight excluding hydrogens is 275 g/mol. The van der Waals surface area contributed by atoms with Gasteiger partial charge in [0.05, 0.1) is 18.8 Å². The van der Waals surface area contributed by atoms with Crippen molar-refractivity contribution in [2.24, 2.45) is 0 Å². The van der Waals surface area contributed by atoms with E-state index < -0.39 is 5.82 Å². The maximum absolute atomic E-state index is 14.2. The fourth-order valence-electron chi connectivity index (χ4n) is 2.21. The maximum atomic E-state index is 14.2. The number of halogens is 1.